The Balaban J connectivity index is 2.14. The van der Waals surface area contributed by atoms with Crippen molar-refractivity contribution in [1.29, 1.82) is 0 Å². The Morgan fingerprint density at radius 3 is 2.54 bits per heavy atom. The number of nitrogens with zero attached hydrogens (tertiary/aromatic N) is 1. The number of aromatic nitrogens is 1. The van der Waals surface area contributed by atoms with Crippen LogP contribution in [0.5, 0.6) is 5.75 Å². The summed E-state index contributed by atoms with van der Waals surface area (Å²) in [6, 6.07) is 6.45. The number of rotatable bonds is 5. The normalized spacial score (nSPS) is 14.6. The first-order valence-corrected chi connectivity index (χ1v) is 9.79. The van der Waals surface area contributed by atoms with E-state index in [1.165, 1.54) is 23.7 Å². The molecule has 0 unspecified atom stereocenters. The molecule has 0 radical (unpaired) electrons. The Morgan fingerprint density at radius 1 is 1.21 bits per heavy atom. The van der Waals surface area contributed by atoms with E-state index >= 15 is 0 Å². The minimum atomic E-state index is -3.32. The second-order valence-corrected chi connectivity index (χ2v) is 8.52. The lowest BCUT2D eigenvalue weighted by molar-refractivity contribution is 0.301. The fraction of sp³-hybridized carbons (Fsp3) is 0.389. The van der Waals surface area contributed by atoms with Crippen LogP contribution in [-0.4, -0.2) is 25.8 Å². The highest BCUT2D eigenvalue weighted by atomic mass is 32.2. The van der Waals surface area contributed by atoms with Gasteiger partial charge >= 0.3 is 0 Å². The summed E-state index contributed by atoms with van der Waals surface area (Å²) in [5.74, 6) is 1.24. The molecular weight excluding hydrogens is 326 g/mol. The van der Waals surface area contributed by atoms with E-state index in [4.69, 9.17) is 4.74 Å². The first-order valence-electron chi connectivity index (χ1n) is 7.90. The highest BCUT2D eigenvalue weighted by molar-refractivity contribution is 7.90. The van der Waals surface area contributed by atoms with Crippen LogP contribution in [-0.2, 0) is 16.9 Å². The van der Waals surface area contributed by atoms with Crippen molar-refractivity contribution < 1.29 is 13.2 Å². The van der Waals surface area contributed by atoms with Crippen molar-refractivity contribution in [2.75, 3.05) is 12.9 Å². The molecule has 0 spiro atoms. The maximum Gasteiger partial charge on any atom is 0.250 e. The lowest BCUT2D eigenvalue weighted by atomic mass is 10.0. The summed E-state index contributed by atoms with van der Waals surface area (Å²) < 4.78 is 31.2. The summed E-state index contributed by atoms with van der Waals surface area (Å²) in [7, 11) is -1.65. The molecule has 3 rings (SSSR count). The van der Waals surface area contributed by atoms with E-state index in [0.717, 1.165) is 11.1 Å². The zero-order chi connectivity index (χ0) is 17.5. The molecule has 1 fully saturated rings. The summed E-state index contributed by atoms with van der Waals surface area (Å²) in [5, 5.41) is 0. The minimum absolute atomic E-state index is 0.101. The lowest BCUT2D eigenvalue weighted by Crippen LogP contribution is -2.16. The molecule has 0 atom stereocenters. The summed E-state index contributed by atoms with van der Waals surface area (Å²) >= 11 is 0. The second kappa shape index (κ2) is 6.09. The number of hydrogen-bond donors (Lipinski definition) is 0. The van der Waals surface area contributed by atoms with Crippen molar-refractivity contribution in [3.05, 3.63) is 46.4 Å². The standard InChI is InChI=1S/C18H21NO4S/c1-12-8-18(20)19(2)10-16(12)15-9-14(24(3,21)22)6-7-17(15)23-11-13-4-5-13/h6-10,13H,4-5,11H2,1-3H3. The highest BCUT2D eigenvalue weighted by Gasteiger charge is 2.23. The number of aryl methyl sites for hydroxylation is 2. The van der Waals surface area contributed by atoms with Crippen LogP contribution in [0.15, 0.2) is 40.2 Å². The molecular formula is C18H21NO4S. The van der Waals surface area contributed by atoms with E-state index in [-0.39, 0.29) is 10.5 Å². The van der Waals surface area contributed by atoms with Crippen molar-refractivity contribution in [2.24, 2.45) is 13.0 Å². The van der Waals surface area contributed by atoms with E-state index in [0.29, 0.717) is 23.8 Å². The van der Waals surface area contributed by atoms with Crippen molar-refractivity contribution >= 4 is 9.84 Å². The van der Waals surface area contributed by atoms with Gasteiger partial charge in [0.25, 0.3) is 5.56 Å². The van der Waals surface area contributed by atoms with Crippen LogP contribution in [0.2, 0.25) is 0 Å². The van der Waals surface area contributed by atoms with Gasteiger partial charge in [-0.2, -0.15) is 0 Å². The number of sulfone groups is 1. The van der Waals surface area contributed by atoms with Crippen LogP contribution in [0.25, 0.3) is 11.1 Å². The average molecular weight is 347 g/mol. The number of pyridine rings is 1. The quantitative estimate of drug-likeness (QED) is 0.834. The summed E-state index contributed by atoms with van der Waals surface area (Å²) in [6.07, 6.45) is 5.26. The maximum absolute atomic E-state index is 11.9. The molecule has 0 N–H and O–H groups in total. The van der Waals surface area contributed by atoms with Crippen molar-refractivity contribution in [1.82, 2.24) is 4.57 Å². The van der Waals surface area contributed by atoms with Gasteiger partial charge in [-0.05, 0) is 49.4 Å². The van der Waals surface area contributed by atoms with Gasteiger partial charge in [-0.3, -0.25) is 4.79 Å². The summed E-state index contributed by atoms with van der Waals surface area (Å²) in [6.45, 7) is 2.48. The molecule has 1 aromatic carbocycles. The summed E-state index contributed by atoms with van der Waals surface area (Å²) in [4.78, 5) is 12.0. The Morgan fingerprint density at radius 2 is 1.92 bits per heavy atom. The average Bonchev–Trinajstić information content (AvgIpc) is 3.32. The monoisotopic (exact) mass is 347 g/mol. The zero-order valence-corrected chi connectivity index (χ0v) is 14.9. The van der Waals surface area contributed by atoms with Crippen LogP contribution >= 0.6 is 0 Å². The minimum Gasteiger partial charge on any atom is -0.493 e. The van der Waals surface area contributed by atoms with Gasteiger partial charge in [-0.25, -0.2) is 8.42 Å². The first-order chi connectivity index (χ1) is 11.3. The molecule has 1 heterocycles. The predicted molar refractivity (Wildman–Crippen MR) is 93.2 cm³/mol. The Bertz CT molecular complexity index is 940. The lowest BCUT2D eigenvalue weighted by Gasteiger charge is -2.15. The molecule has 0 bridgehead atoms. The van der Waals surface area contributed by atoms with Crippen molar-refractivity contribution in [3.8, 4) is 16.9 Å². The van der Waals surface area contributed by atoms with Gasteiger partial charge in [-0.15, -0.1) is 0 Å². The molecule has 0 amide bonds. The number of ether oxygens (including phenoxy) is 1. The van der Waals surface area contributed by atoms with Gasteiger partial charge in [0.2, 0.25) is 0 Å². The molecule has 5 nitrogen and oxygen atoms in total. The molecule has 0 aliphatic heterocycles. The van der Waals surface area contributed by atoms with E-state index in [9.17, 15) is 13.2 Å². The maximum atomic E-state index is 11.9. The zero-order valence-electron chi connectivity index (χ0n) is 14.1. The third-order valence-corrected chi connectivity index (χ3v) is 5.39. The second-order valence-electron chi connectivity index (χ2n) is 6.50. The van der Waals surface area contributed by atoms with Gasteiger partial charge in [0.15, 0.2) is 9.84 Å². The van der Waals surface area contributed by atoms with E-state index in [1.54, 1.807) is 37.5 Å². The predicted octanol–water partition coefficient (Wildman–Crippen LogP) is 2.55. The SMILES string of the molecule is Cc1cc(=O)n(C)cc1-c1cc(S(C)(=O)=O)ccc1OCC1CC1. The van der Waals surface area contributed by atoms with Gasteiger partial charge in [0.1, 0.15) is 5.75 Å². The van der Waals surface area contributed by atoms with Crippen LogP contribution in [0.3, 0.4) is 0 Å². The topological polar surface area (TPSA) is 65.4 Å². The fourth-order valence-corrected chi connectivity index (χ4v) is 3.22. The Hall–Kier alpha value is -2.08. The highest BCUT2D eigenvalue weighted by Crippen LogP contribution is 2.36. The Kier molecular flexibility index (Phi) is 4.25. The van der Waals surface area contributed by atoms with Gasteiger partial charge in [0.05, 0.1) is 11.5 Å². The molecule has 6 heteroatoms. The molecule has 128 valence electrons. The van der Waals surface area contributed by atoms with Crippen LogP contribution < -0.4 is 10.3 Å². The van der Waals surface area contributed by atoms with Gasteiger partial charge < -0.3 is 9.30 Å². The van der Waals surface area contributed by atoms with E-state index in [2.05, 4.69) is 0 Å². The Labute approximate surface area is 141 Å². The van der Waals surface area contributed by atoms with Crippen LogP contribution in [0.1, 0.15) is 18.4 Å². The van der Waals surface area contributed by atoms with Crippen molar-refractivity contribution in [3.63, 3.8) is 0 Å². The molecule has 1 aliphatic rings. The van der Waals surface area contributed by atoms with Crippen LogP contribution in [0, 0.1) is 12.8 Å². The third-order valence-electron chi connectivity index (χ3n) is 4.28. The molecule has 1 aromatic heterocycles. The molecule has 1 aliphatic carbocycles. The number of hydrogen-bond acceptors (Lipinski definition) is 4. The van der Waals surface area contributed by atoms with E-state index < -0.39 is 9.84 Å². The van der Waals surface area contributed by atoms with Gasteiger partial charge in [-0.1, -0.05) is 0 Å². The third kappa shape index (κ3) is 3.53. The number of benzene rings is 1. The largest absolute Gasteiger partial charge is 0.493 e. The first kappa shape index (κ1) is 16.8. The molecule has 2 aromatic rings. The molecule has 0 saturated heterocycles. The molecule has 24 heavy (non-hydrogen) atoms. The smallest absolute Gasteiger partial charge is 0.250 e. The fourth-order valence-electron chi connectivity index (χ4n) is 2.57. The summed E-state index contributed by atoms with van der Waals surface area (Å²) in [5.41, 5.74) is 2.19. The van der Waals surface area contributed by atoms with Crippen LogP contribution in [0.4, 0.5) is 0 Å². The van der Waals surface area contributed by atoms with Gasteiger partial charge in [0, 0.05) is 36.7 Å². The molecule has 1 saturated carbocycles. The van der Waals surface area contributed by atoms with E-state index in [1.807, 2.05) is 6.92 Å². The van der Waals surface area contributed by atoms with Crippen molar-refractivity contribution in [2.45, 2.75) is 24.7 Å².